The van der Waals surface area contributed by atoms with Crippen LogP contribution in [0.3, 0.4) is 0 Å². The largest absolute Gasteiger partial charge is 0.256 e. The minimum absolute atomic E-state index is 0.933. The van der Waals surface area contributed by atoms with Crippen LogP contribution in [0.15, 0.2) is 70.4 Å². The van der Waals surface area contributed by atoms with Crippen molar-refractivity contribution in [3.8, 4) is 11.3 Å². The van der Waals surface area contributed by atoms with E-state index in [1.54, 1.807) is 6.20 Å². The second-order valence-corrected chi connectivity index (χ2v) is 8.07. The van der Waals surface area contributed by atoms with Gasteiger partial charge in [0.25, 0.3) is 0 Å². The first-order valence-corrected chi connectivity index (χ1v) is 11.5. The molecule has 1 aromatic heterocycles. The number of nitrogens with zero attached hydrogens (tertiary/aromatic N) is 2. The van der Waals surface area contributed by atoms with Crippen molar-refractivity contribution in [1.29, 1.82) is 0 Å². The molecule has 0 aliphatic carbocycles. The van der Waals surface area contributed by atoms with Gasteiger partial charge in [0, 0.05) is 28.8 Å². The summed E-state index contributed by atoms with van der Waals surface area (Å²) in [5, 5.41) is 2.16. The van der Waals surface area contributed by atoms with Crippen LogP contribution in [-0.2, 0) is 19.3 Å². The number of benzene rings is 1. The minimum Gasteiger partial charge on any atom is -0.256 e. The quantitative estimate of drug-likeness (QED) is 0.339. The smallest absolute Gasteiger partial charge is 0.0915 e. The molecule has 0 atom stereocenters. The molecule has 0 spiro atoms. The Morgan fingerprint density at radius 2 is 1.70 bits per heavy atom. The zero-order chi connectivity index (χ0) is 21.5. The van der Waals surface area contributed by atoms with E-state index >= 15 is 0 Å². The van der Waals surface area contributed by atoms with Crippen molar-refractivity contribution < 1.29 is 0 Å². The van der Waals surface area contributed by atoms with E-state index in [2.05, 4.69) is 75.0 Å². The summed E-state index contributed by atoms with van der Waals surface area (Å²) in [6.07, 6.45) is 15.0. The summed E-state index contributed by atoms with van der Waals surface area (Å²) in [5.41, 5.74) is 14.3. The Morgan fingerprint density at radius 3 is 2.37 bits per heavy atom. The number of aromatic nitrogens is 1. The van der Waals surface area contributed by atoms with Crippen molar-refractivity contribution in [2.75, 3.05) is 0 Å². The van der Waals surface area contributed by atoms with E-state index < -0.39 is 0 Å². The molecule has 1 aromatic carbocycles. The Balaban J connectivity index is 1.98. The van der Waals surface area contributed by atoms with Crippen molar-refractivity contribution in [1.82, 2.24) is 4.37 Å². The molecule has 3 rings (SSSR count). The van der Waals surface area contributed by atoms with Gasteiger partial charge in [-0.15, -0.1) is 5.73 Å². The highest BCUT2D eigenvalue weighted by Crippen LogP contribution is 2.33. The number of aryl methyl sites for hydroxylation is 2. The van der Waals surface area contributed by atoms with Crippen molar-refractivity contribution in [3.05, 3.63) is 87.7 Å². The Kier molecular flexibility index (Phi) is 7.57. The van der Waals surface area contributed by atoms with E-state index in [0.717, 1.165) is 36.2 Å². The average molecular weight is 415 g/mol. The molecule has 0 unspecified atom stereocenters. The normalized spacial score (nSPS) is 14.2. The molecule has 0 radical (unpaired) electrons. The molecule has 0 saturated heterocycles. The first kappa shape index (κ1) is 22.0. The molecule has 2 nitrogen and oxygen atoms in total. The summed E-state index contributed by atoms with van der Waals surface area (Å²) >= 11 is 1.53. The SMILES string of the molecule is CCc1cc(-c2nscc2/C(C)=C/C=C(\C)C2=NC=CC=C=C2)cc(CC)c1CC. The minimum atomic E-state index is 0.933. The van der Waals surface area contributed by atoms with Crippen LogP contribution in [0.25, 0.3) is 16.8 Å². The molecule has 0 N–H and O–H groups in total. The fraction of sp³-hybridized carbons (Fsp3) is 0.296. The second-order valence-electron chi connectivity index (χ2n) is 7.44. The van der Waals surface area contributed by atoms with Gasteiger partial charge in [-0.05, 0) is 96.8 Å². The first-order chi connectivity index (χ1) is 14.6. The lowest BCUT2D eigenvalue weighted by Gasteiger charge is -2.14. The fourth-order valence-electron chi connectivity index (χ4n) is 3.77. The maximum atomic E-state index is 4.77. The van der Waals surface area contributed by atoms with Gasteiger partial charge in [0.15, 0.2) is 0 Å². The third-order valence-corrected chi connectivity index (χ3v) is 6.15. The molecule has 2 aromatic rings. The highest BCUT2D eigenvalue weighted by molar-refractivity contribution is 7.04. The van der Waals surface area contributed by atoms with Gasteiger partial charge in [0.1, 0.15) is 0 Å². The van der Waals surface area contributed by atoms with Gasteiger partial charge >= 0.3 is 0 Å². The first-order valence-electron chi connectivity index (χ1n) is 10.7. The molecular formula is C27H30N2S. The van der Waals surface area contributed by atoms with Crippen molar-refractivity contribution in [3.63, 3.8) is 0 Å². The maximum Gasteiger partial charge on any atom is 0.0915 e. The number of hydrogen-bond donors (Lipinski definition) is 0. The van der Waals surface area contributed by atoms with Gasteiger partial charge in [-0.3, -0.25) is 4.99 Å². The van der Waals surface area contributed by atoms with Crippen molar-refractivity contribution in [2.45, 2.75) is 53.9 Å². The Hall–Kier alpha value is -2.74. The van der Waals surface area contributed by atoms with E-state index in [0.29, 0.717) is 0 Å². The molecule has 154 valence electrons. The van der Waals surface area contributed by atoms with Crippen LogP contribution in [0, 0.1) is 0 Å². The zero-order valence-corrected chi connectivity index (χ0v) is 19.4. The Morgan fingerprint density at radius 1 is 1.00 bits per heavy atom. The molecule has 0 saturated carbocycles. The van der Waals surface area contributed by atoms with E-state index in [9.17, 15) is 0 Å². The van der Waals surface area contributed by atoms with Gasteiger partial charge in [-0.2, -0.15) is 4.37 Å². The van der Waals surface area contributed by atoms with E-state index in [1.807, 2.05) is 18.2 Å². The van der Waals surface area contributed by atoms with Crippen LogP contribution < -0.4 is 0 Å². The zero-order valence-electron chi connectivity index (χ0n) is 18.6. The molecular weight excluding hydrogens is 384 g/mol. The highest BCUT2D eigenvalue weighted by atomic mass is 32.1. The average Bonchev–Trinajstić information content (AvgIpc) is 3.11. The van der Waals surface area contributed by atoms with Gasteiger partial charge in [-0.25, -0.2) is 0 Å². The summed E-state index contributed by atoms with van der Waals surface area (Å²) in [7, 11) is 0. The Bertz CT molecular complexity index is 1070. The molecule has 3 heteroatoms. The fourth-order valence-corrected chi connectivity index (χ4v) is 4.54. The maximum absolute atomic E-state index is 4.77. The molecule has 1 aliphatic rings. The third kappa shape index (κ3) is 4.87. The van der Waals surface area contributed by atoms with E-state index in [4.69, 9.17) is 4.37 Å². The summed E-state index contributed by atoms with van der Waals surface area (Å²) in [5.74, 6) is 0. The highest BCUT2D eigenvalue weighted by Gasteiger charge is 2.14. The van der Waals surface area contributed by atoms with E-state index in [-0.39, 0.29) is 0 Å². The van der Waals surface area contributed by atoms with E-state index in [1.165, 1.54) is 44.9 Å². The predicted octanol–water partition coefficient (Wildman–Crippen LogP) is 7.53. The second kappa shape index (κ2) is 10.3. The monoisotopic (exact) mass is 414 g/mol. The van der Waals surface area contributed by atoms with Gasteiger partial charge in [0.05, 0.1) is 11.4 Å². The van der Waals surface area contributed by atoms with Crippen LogP contribution in [0.5, 0.6) is 0 Å². The van der Waals surface area contributed by atoms with Crippen LogP contribution >= 0.6 is 11.5 Å². The lowest BCUT2D eigenvalue weighted by molar-refractivity contribution is 0.982. The summed E-state index contributed by atoms with van der Waals surface area (Å²) < 4.78 is 4.77. The Labute approximate surface area is 185 Å². The van der Waals surface area contributed by atoms with Crippen LogP contribution in [0.4, 0.5) is 0 Å². The predicted molar refractivity (Wildman–Crippen MR) is 132 cm³/mol. The van der Waals surface area contributed by atoms with Crippen LogP contribution in [-0.4, -0.2) is 10.1 Å². The standard InChI is InChI=1S/C27H30N2S/c1-6-21-16-23(17-22(7-2)24(21)8-3)27-25(18-30-29-27)19(4)13-14-20(5)26-12-10-9-11-15-28-26/h9,11-18H,6-8H2,1-5H3/b19-13+,20-14+. The van der Waals surface area contributed by atoms with Crippen LogP contribution in [0.1, 0.15) is 56.9 Å². The summed E-state index contributed by atoms with van der Waals surface area (Å²) in [4.78, 5) is 4.46. The molecule has 30 heavy (non-hydrogen) atoms. The lowest BCUT2D eigenvalue weighted by Crippen LogP contribution is -1.99. The molecule has 0 bridgehead atoms. The van der Waals surface area contributed by atoms with Crippen molar-refractivity contribution >= 4 is 22.8 Å². The molecule has 2 heterocycles. The van der Waals surface area contributed by atoms with Crippen molar-refractivity contribution in [2.24, 2.45) is 4.99 Å². The number of allylic oxidation sites excluding steroid dienone is 6. The number of aliphatic imine (C=N–C) groups is 1. The molecule has 0 amide bonds. The topological polar surface area (TPSA) is 25.2 Å². The summed E-state index contributed by atoms with van der Waals surface area (Å²) in [6, 6.07) is 4.68. The number of rotatable bonds is 7. The third-order valence-electron chi connectivity index (χ3n) is 5.52. The van der Waals surface area contributed by atoms with Gasteiger partial charge in [0.2, 0.25) is 0 Å². The van der Waals surface area contributed by atoms with Gasteiger partial charge < -0.3 is 0 Å². The van der Waals surface area contributed by atoms with Crippen LogP contribution in [0.2, 0.25) is 0 Å². The number of hydrogen-bond acceptors (Lipinski definition) is 3. The van der Waals surface area contributed by atoms with Gasteiger partial charge in [-0.1, -0.05) is 32.9 Å². The lowest BCUT2D eigenvalue weighted by atomic mass is 9.91. The summed E-state index contributed by atoms with van der Waals surface area (Å²) in [6.45, 7) is 11.0. The molecule has 0 fully saturated rings. The molecule has 1 aliphatic heterocycles.